The maximum Gasteiger partial charge on any atom is 0.222 e. The molecule has 0 bridgehead atoms. The van der Waals surface area contributed by atoms with Crippen molar-refractivity contribution in [1.29, 1.82) is 0 Å². The van der Waals surface area contributed by atoms with Crippen LogP contribution in [0.3, 0.4) is 0 Å². The molecule has 2 atom stereocenters. The summed E-state index contributed by atoms with van der Waals surface area (Å²) in [5.41, 5.74) is 1.26. The molecule has 1 saturated heterocycles. The number of hydrogen-bond acceptors (Lipinski definition) is 2. The van der Waals surface area contributed by atoms with E-state index in [9.17, 15) is 4.79 Å². The number of morpholine rings is 1. The minimum atomic E-state index is 0.117. The van der Waals surface area contributed by atoms with Crippen LogP contribution in [-0.2, 0) is 16.0 Å². The summed E-state index contributed by atoms with van der Waals surface area (Å²) in [4.78, 5) is 13.7. The maximum atomic E-state index is 11.8. The fraction of sp³-hybridized carbons (Fsp3) is 0.533. The van der Waals surface area contributed by atoms with E-state index in [0.717, 1.165) is 13.0 Å². The van der Waals surface area contributed by atoms with Crippen LogP contribution in [0.15, 0.2) is 30.3 Å². The first kappa shape index (κ1) is 13.1. The number of amides is 1. The predicted octanol–water partition coefficient (Wildman–Crippen LogP) is 2.26. The van der Waals surface area contributed by atoms with E-state index in [1.54, 1.807) is 0 Å². The summed E-state index contributed by atoms with van der Waals surface area (Å²) in [7, 11) is 0. The molecule has 1 amide bonds. The van der Waals surface area contributed by atoms with Crippen LogP contribution in [0.25, 0.3) is 0 Å². The van der Waals surface area contributed by atoms with Gasteiger partial charge in [-0.05, 0) is 12.5 Å². The van der Waals surface area contributed by atoms with Crippen molar-refractivity contribution in [3.8, 4) is 0 Å². The minimum absolute atomic E-state index is 0.117. The van der Waals surface area contributed by atoms with Crippen molar-refractivity contribution in [2.24, 2.45) is 0 Å². The van der Waals surface area contributed by atoms with Gasteiger partial charge in [-0.1, -0.05) is 37.3 Å². The molecule has 1 aliphatic heterocycles. The van der Waals surface area contributed by atoms with E-state index in [2.05, 4.69) is 12.1 Å². The van der Waals surface area contributed by atoms with Crippen molar-refractivity contribution in [2.45, 2.75) is 38.9 Å². The highest BCUT2D eigenvalue weighted by molar-refractivity contribution is 5.76. The van der Waals surface area contributed by atoms with Crippen molar-refractivity contribution < 1.29 is 9.53 Å². The number of benzene rings is 1. The van der Waals surface area contributed by atoms with Gasteiger partial charge in [0, 0.05) is 25.9 Å². The van der Waals surface area contributed by atoms with Gasteiger partial charge in [0.25, 0.3) is 0 Å². The Labute approximate surface area is 109 Å². The number of carbonyl (C=O) groups excluding carboxylic acids is 1. The van der Waals surface area contributed by atoms with Gasteiger partial charge in [0.2, 0.25) is 5.91 Å². The van der Waals surface area contributed by atoms with E-state index < -0.39 is 0 Å². The number of hydrogen-bond donors (Lipinski definition) is 0. The first-order valence-electron chi connectivity index (χ1n) is 6.66. The Hall–Kier alpha value is -1.35. The van der Waals surface area contributed by atoms with Crippen molar-refractivity contribution >= 4 is 5.91 Å². The van der Waals surface area contributed by atoms with Gasteiger partial charge in [-0.2, -0.15) is 0 Å². The highest BCUT2D eigenvalue weighted by Crippen LogP contribution is 2.16. The third-order valence-electron chi connectivity index (χ3n) is 3.29. The molecule has 0 saturated carbocycles. The third-order valence-corrected chi connectivity index (χ3v) is 3.29. The van der Waals surface area contributed by atoms with Crippen molar-refractivity contribution in [3.05, 3.63) is 35.9 Å². The van der Waals surface area contributed by atoms with Crippen LogP contribution < -0.4 is 0 Å². The molecule has 1 fully saturated rings. The summed E-state index contributed by atoms with van der Waals surface area (Å²) >= 11 is 0. The first-order chi connectivity index (χ1) is 8.69. The van der Waals surface area contributed by atoms with Crippen LogP contribution in [0, 0.1) is 0 Å². The van der Waals surface area contributed by atoms with Crippen molar-refractivity contribution in [1.82, 2.24) is 4.90 Å². The van der Waals surface area contributed by atoms with Gasteiger partial charge in [-0.15, -0.1) is 0 Å². The topological polar surface area (TPSA) is 29.5 Å². The highest BCUT2D eigenvalue weighted by atomic mass is 16.5. The van der Waals surface area contributed by atoms with E-state index in [-0.39, 0.29) is 18.1 Å². The van der Waals surface area contributed by atoms with E-state index in [0.29, 0.717) is 13.0 Å². The molecule has 2 rings (SSSR count). The molecule has 1 aromatic rings. The Morgan fingerprint density at radius 2 is 2.06 bits per heavy atom. The second-order valence-electron chi connectivity index (χ2n) is 4.91. The fourth-order valence-electron chi connectivity index (χ4n) is 2.46. The van der Waals surface area contributed by atoms with Crippen LogP contribution in [0.5, 0.6) is 0 Å². The molecule has 2 unspecified atom stereocenters. The van der Waals surface area contributed by atoms with Gasteiger partial charge in [-0.3, -0.25) is 4.79 Å². The van der Waals surface area contributed by atoms with Gasteiger partial charge in [0.05, 0.1) is 12.2 Å². The first-order valence-corrected chi connectivity index (χ1v) is 6.66. The molecule has 3 heteroatoms. The number of carbonyl (C=O) groups is 1. The Morgan fingerprint density at radius 1 is 1.33 bits per heavy atom. The lowest BCUT2D eigenvalue weighted by molar-refractivity contribution is -0.143. The van der Waals surface area contributed by atoms with Crippen LogP contribution in [0.2, 0.25) is 0 Å². The van der Waals surface area contributed by atoms with Gasteiger partial charge < -0.3 is 9.64 Å². The second-order valence-corrected chi connectivity index (χ2v) is 4.91. The van der Waals surface area contributed by atoms with Gasteiger partial charge >= 0.3 is 0 Å². The lowest BCUT2D eigenvalue weighted by Crippen LogP contribution is -2.49. The maximum absolute atomic E-state index is 11.8. The van der Waals surface area contributed by atoms with Crippen LogP contribution in [0.4, 0.5) is 0 Å². The van der Waals surface area contributed by atoms with Crippen LogP contribution in [-0.4, -0.2) is 36.1 Å². The monoisotopic (exact) mass is 247 g/mol. The Kier molecular flexibility index (Phi) is 4.37. The SMILES string of the molecule is CCC(=O)N1CC(C)OC(Cc2ccccc2)C1. The standard InChI is InChI=1S/C15H21NO2/c1-3-15(17)16-10-12(2)18-14(11-16)9-13-7-5-4-6-8-13/h4-8,12,14H,3,9-11H2,1-2H3. The van der Waals surface area contributed by atoms with Crippen LogP contribution in [0.1, 0.15) is 25.8 Å². The van der Waals surface area contributed by atoms with Gasteiger partial charge in [-0.25, -0.2) is 0 Å². The van der Waals surface area contributed by atoms with Crippen molar-refractivity contribution in [2.75, 3.05) is 13.1 Å². The Balaban J connectivity index is 1.98. The normalized spacial score (nSPS) is 24.0. The second kappa shape index (κ2) is 6.01. The predicted molar refractivity (Wildman–Crippen MR) is 71.4 cm³/mol. The summed E-state index contributed by atoms with van der Waals surface area (Å²) in [5.74, 6) is 0.225. The number of rotatable bonds is 3. The minimum Gasteiger partial charge on any atom is -0.371 e. The Morgan fingerprint density at radius 3 is 2.72 bits per heavy atom. The Bertz CT molecular complexity index is 391. The molecule has 1 heterocycles. The number of ether oxygens (including phenoxy) is 1. The lowest BCUT2D eigenvalue weighted by atomic mass is 10.1. The lowest BCUT2D eigenvalue weighted by Gasteiger charge is -2.37. The molecule has 18 heavy (non-hydrogen) atoms. The molecule has 98 valence electrons. The van der Waals surface area contributed by atoms with Crippen LogP contribution >= 0.6 is 0 Å². The number of nitrogens with zero attached hydrogens (tertiary/aromatic N) is 1. The third kappa shape index (κ3) is 3.33. The molecular formula is C15H21NO2. The van der Waals surface area contributed by atoms with E-state index in [1.165, 1.54) is 5.56 Å². The average molecular weight is 247 g/mol. The van der Waals surface area contributed by atoms with Gasteiger partial charge in [0.15, 0.2) is 0 Å². The molecule has 0 aromatic heterocycles. The molecule has 1 aromatic carbocycles. The van der Waals surface area contributed by atoms with Crippen molar-refractivity contribution in [3.63, 3.8) is 0 Å². The summed E-state index contributed by atoms with van der Waals surface area (Å²) in [6.45, 7) is 5.38. The fourth-order valence-corrected chi connectivity index (χ4v) is 2.46. The summed E-state index contributed by atoms with van der Waals surface area (Å²) in [6, 6.07) is 10.3. The molecule has 3 nitrogen and oxygen atoms in total. The zero-order chi connectivity index (χ0) is 13.0. The summed E-state index contributed by atoms with van der Waals surface area (Å²) in [6.07, 6.45) is 1.69. The zero-order valence-corrected chi connectivity index (χ0v) is 11.1. The molecule has 1 aliphatic rings. The quantitative estimate of drug-likeness (QED) is 0.820. The van der Waals surface area contributed by atoms with E-state index in [4.69, 9.17) is 4.74 Å². The smallest absolute Gasteiger partial charge is 0.222 e. The van der Waals surface area contributed by atoms with E-state index >= 15 is 0 Å². The summed E-state index contributed by atoms with van der Waals surface area (Å²) < 4.78 is 5.92. The van der Waals surface area contributed by atoms with E-state index in [1.807, 2.05) is 36.9 Å². The largest absolute Gasteiger partial charge is 0.371 e. The average Bonchev–Trinajstić information content (AvgIpc) is 2.38. The molecular weight excluding hydrogens is 226 g/mol. The summed E-state index contributed by atoms with van der Waals surface area (Å²) in [5, 5.41) is 0. The molecule has 0 radical (unpaired) electrons. The van der Waals surface area contributed by atoms with Gasteiger partial charge in [0.1, 0.15) is 0 Å². The highest BCUT2D eigenvalue weighted by Gasteiger charge is 2.27. The molecule has 0 N–H and O–H groups in total. The zero-order valence-electron chi connectivity index (χ0n) is 11.1. The molecule has 0 aliphatic carbocycles. The molecule has 0 spiro atoms.